The summed E-state index contributed by atoms with van der Waals surface area (Å²) in [4.78, 5) is 14.8. The molecule has 0 bridgehead atoms. The Morgan fingerprint density at radius 1 is 1.10 bits per heavy atom. The Balaban J connectivity index is 1.36. The average molecular weight is 427 g/mol. The van der Waals surface area contributed by atoms with Crippen LogP contribution in [0.3, 0.4) is 0 Å². The summed E-state index contributed by atoms with van der Waals surface area (Å²) in [6.07, 6.45) is 0.891. The standard InChI is InChI=1S/C22H23ClN4O3/c1-16(30-22-20(23)15-27(25-22)19-5-3-2-4-6-19)21(28)24-17-7-9-18(10-8-17)26-11-13-29-14-12-26/h2-10,15-16H,11-14H2,1H3,(H,24,28)/t16-/m0/s1. The summed E-state index contributed by atoms with van der Waals surface area (Å²) in [6, 6.07) is 17.3. The fourth-order valence-corrected chi connectivity index (χ4v) is 3.35. The third kappa shape index (κ3) is 4.75. The molecule has 1 amide bonds. The highest BCUT2D eigenvalue weighted by molar-refractivity contribution is 6.31. The Labute approximate surface area is 180 Å². The number of amides is 1. The van der Waals surface area contributed by atoms with Gasteiger partial charge in [-0.2, -0.15) is 0 Å². The molecule has 1 fully saturated rings. The number of carbonyl (C=O) groups is 1. The summed E-state index contributed by atoms with van der Waals surface area (Å²) in [7, 11) is 0. The minimum absolute atomic E-state index is 0.214. The van der Waals surface area contributed by atoms with Gasteiger partial charge in [-0.1, -0.05) is 29.8 Å². The summed E-state index contributed by atoms with van der Waals surface area (Å²) in [5.41, 5.74) is 2.67. The molecule has 1 aliphatic rings. The molecule has 1 N–H and O–H groups in total. The van der Waals surface area contributed by atoms with E-state index in [9.17, 15) is 4.79 Å². The number of hydrogen-bond donors (Lipinski definition) is 1. The van der Waals surface area contributed by atoms with E-state index in [0.717, 1.165) is 37.7 Å². The van der Waals surface area contributed by atoms with Crippen LogP contribution >= 0.6 is 11.6 Å². The summed E-state index contributed by atoms with van der Waals surface area (Å²) in [5.74, 6) is -0.0646. The Morgan fingerprint density at radius 2 is 1.80 bits per heavy atom. The van der Waals surface area contributed by atoms with Crippen LogP contribution in [0, 0.1) is 0 Å². The van der Waals surface area contributed by atoms with Crippen molar-refractivity contribution in [3.63, 3.8) is 0 Å². The van der Waals surface area contributed by atoms with Crippen molar-refractivity contribution in [2.24, 2.45) is 0 Å². The van der Waals surface area contributed by atoms with Gasteiger partial charge in [0.15, 0.2) is 6.10 Å². The van der Waals surface area contributed by atoms with Gasteiger partial charge in [-0.25, -0.2) is 4.68 Å². The number of nitrogens with one attached hydrogen (secondary N) is 1. The van der Waals surface area contributed by atoms with Crippen molar-refractivity contribution in [2.45, 2.75) is 13.0 Å². The molecule has 156 valence electrons. The van der Waals surface area contributed by atoms with Crippen LogP contribution in [-0.4, -0.2) is 48.1 Å². The van der Waals surface area contributed by atoms with E-state index < -0.39 is 6.10 Å². The van der Waals surface area contributed by atoms with Crippen LogP contribution in [0.25, 0.3) is 5.69 Å². The number of halogens is 1. The number of carbonyl (C=O) groups excluding carboxylic acids is 1. The molecule has 0 spiro atoms. The molecule has 0 aliphatic carbocycles. The molecular formula is C22H23ClN4O3. The predicted molar refractivity (Wildman–Crippen MR) is 117 cm³/mol. The van der Waals surface area contributed by atoms with Gasteiger partial charge in [-0.3, -0.25) is 4.79 Å². The average Bonchev–Trinajstić information content (AvgIpc) is 3.15. The molecule has 2 heterocycles. The van der Waals surface area contributed by atoms with Crippen LogP contribution in [-0.2, 0) is 9.53 Å². The number of ether oxygens (including phenoxy) is 2. The van der Waals surface area contributed by atoms with Crippen LogP contribution in [0.15, 0.2) is 60.8 Å². The van der Waals surface area contributed by atoms with Gasteiger partial charge >= 0.3 is 0 Å². The van der Waals surface area contributed by atoms with Gasteiger partial charge < -0.3 is 19.7 Å². The molecule has 1 aliphatic heterocycles. The van der Waals surface area contributed by atoms with Gasteiger partial charge in [0, 0.05) is 24.5 Å². The van der Waals surface area contributed by atoms with Gasteiger partial charge in [0.1, 0.15) is 5.02 Å². The highest BCUT2D eigenvalue weighted by Crippen LogP contribution is 2.25. The molecule has 0 saturated carbocycles. The number of hydrogen-bond acceptors (Lipinski definition) is 5. The number of anilines is 2. The lowest BCUT2D eigenvalue weighted by Crippen LogP contribution is -2.36. The van der Waals surface area contributed by atoms with Crippen LogP contribution in [0.4, 0.5) is 11.4 Å². The monoisotopic (exact) mass is 426 g/mol. The molecule has 1 aromatic heterocycles. The maximum atomic E-state index is 12.6. The fourth-order valence-electron chi connectivity index (χ4n) is 3.17. The third-order valence-corrected chi connectivity index (χ3v) is 5.09. The van der Waals surface area contributed by atoms with Crippen LogP contribution in [0.1, 0.15) is 6.92 Å². The summed E-state index contributed by atoms with van der Waals surface area (Å²) >= 11 is 6.24. The second-order valence-corrected chi connectivity index (χ2v) is 7.37. The lowest BCUT2D eigenvalue weighted by molar-refractivity contribution is -0.122. The van der Waals surface area contributed by atoms with Crippen LogP contribution < -0.4 is 15.0 Å². The van der Waals surface area contributed by atoms with Crippen molar-refractivity contribution < 1.29 is 14.3 Å². The molecule has 0 unspecified atom stereocenters. The number of benzene rings is 2. The van der Waals surface area contributed by atoms with E-state index in [4.69, 9.17) is 21.1 Å². The minimum atomic E-state index is -0.763. The molecule has 1 atom stereocenters. The first-order valence-corrected chi connectivity index (χ1v) is 10.2. The van der Waals surface area contributed by atoms with E-state index in [2.05, 4.69) is 15.3 Å². The Kier molecular flexibility index (Phi) is 6.21. The van der Waals surface area contributed by atoms with E-state index in [1.165, 1.54) is 0 Å². The van der Waals surface area contributed by atoms with Crippen molar-refractivity contribution >= 4 is 28.9 Å². The van der Waals surface area contributed by atoms with E-state index in [1.807, 2.05) is 54.6 Å². The van der Waals surface area contributed by atoms with Crippen molar-refractivity contribution in [2.75, 3.05) is 36.5 Å². The summed E-state index contributed by atoms with van der Waals surface area (Å²) < 4.78 is 12.7. The Morgan fingerprint density at radius 3 is 2.50 bits per heavy atom. The zero-order valence-corrected chi connectivity index (χ0v) is 17.4. The van der Waals surface area contributed by atoms with Crippen LogP contribution in [0.5, 0.6) is 5.88 Å². The quantitative estimate of drug-likeness (QED) is 0.649. The number of rotatable bonds is 6. The molecule has 1 saturated heterocycles. The third-order valence-electron chi connectivity index (χ3n) is 4.83. The first-order chi connectivity index (χ1) is 14.6. The molecular weight excluding hydrogens is 404 g/mol. The molecule has 2 aromatic carbocycles. The fraction of sp³-hybridized carbons (Fsp3) is 0.273. The minimum Gasteiger partial charge on any atom is -0.462 e. The number of morpholine rings is 1. The number of para-hydroxylation sites is 1. The molecule has 7 nitrogen and oxygen atoms in total. The molecule has 4 rings (SSSR count). The van der Waals surface area contributed by atoms with Crippen molar-refractivity contribution in [1.82, 2.24) is 9.78 Å². The molecule has 8 heteroatoms. The maximum absolute atomic E-state index is 12.6. The van der Waals surface area contributed by atoms with Gasteiger partial charge in [0.05, 0.1) is 25.1 Å². The van der Waals surface area contributed by atoms with Crippen molar-refractivity contribution in [1.29, 1.82) is 0 Å². The Hall–Kier alpha value is -3.03. The first-order valence-electron chi connectivity index (χ1n) is 9.81. The smallest absolute Gasteiger partial charge is 0.265 e. The molecule has 3 aromatic rings. The zero-order valence-electron chi connectivity index (χ0n) is 16.6. The number of nitrogens with zero attached hydrogens (tertiary/aromatic N) is 3. The second kappa shape index (κ2) is 9.19. The van der Waals surface area contributed by atoms with E-state index in [0.29, 0.717) is 10.7 Å². The van der Waals surface area contributed by atoms with E-state index in [1.54, 1.807) is 17.8 Å². The number of aromatic nitrogens is 2. The largest absolute Gasteiger partial charge is 0.462 e. The molecule has 0 radical (unpaired) electrons. The Bertz CT molecular complexity index is 985. The summed E-state index contributed by atoms with van der Waals surface area (Å²) in [6.45, 7) is 4.86. The summed E-state index contributed by atoms with van der Waals surface area (Å²) in [5, 5.41) is 7.55. The maximum Gasteiger partial charge on any atom is 0.265 e. The lowest BCUT2D eigenvalue weighted by atomic mass is 10.2. The van der Waals surface area contributed by atoms with E-state index in [-0.39, 0.29) is 11.8 Å². The predicted octanol–water partition coefficient (Wildman–Crippen LogP) is 3.77. The van der Waals surface area contributed by atoms with Crippen LogP contribution in [0.2, 0.25) is 5.02 Å². The topological polar surface area (TPSA) is 68.6 Å². The zero-order chi connectivity index (χ0) is 20.9. The van der Waals surface area contributed by atoms with Gasteiger partial charge in [0.25, 0.3) is 11.8 Å². The lowest BCUT2D eigenvalue weighted by Gasteiger charge is -2.28. The van der Waals surface area contributed by atoms with Crippen molar-refractivity contribution in [3.05, 3.63) is 65.8 Å². The van der Waals surface area contributed by atoms with Crippen molar-refractivity contribution in [3.8, 4) is 11.6 Å². The SMILES string of the molecule is C[C@H](Oc1nn(-c2ccccc2)cc1Cl)C(=O)Nc1ccc(N2CCOCC2)cc1. The normalized spacial score (nSPS) is 14.9. The van der Waals surface area contributed by atoms with Gasteiger partial charge in [0.2, 0.25) is 0 Å². The molecule has 30 heavy (non-hydrogen) atoms. The van der Waals surface area contributed by atoms with Gasteiger partial charge in [-0.15, -0.1) is 5.10 Å². The highest BCUT2D eigenvalue weighted by atomic mass is 35.5. The highest BCUT2D eigenvalue weighted by Gasteiger charge is 2.19. The van der Waals surface area contributed by atoms with Gasteiger partial charge in [-0.05, 0) is 43.3 Å². The second-order valence-electron chi connectivity index (χ2n) is 6.96. The van der Waals surface area contributed by atoms with E-state index >= 15 is 0 Å². The first kappa shape index (κ1) is 20.3.